The molecule has 0 aliphatic carbocycles. The molecule has 0 bridgehead atoms. The molecule has 16 heavy (non-hydrogen) atoms. The van der Waals surface area contributed by atoms with E-state index in [0.29, 0.717) is 39.1 Å². The molecule has 1 amide bonds. The van der Waals surface area contributed by atoms with E-state index in [1.165, 1.54) is 0 Å². The van der Waals surface area contributed by atoms with Gasteiger partial charge in [0.1, 0.15) is 0 Å². The number of ether oxygens (including phenoxy) is 1. The molecule has 0 spiro atoms. The lowest BCUT2D eigenvalue weighted by Crippen LogP contribution is -2.34. The lowest BCUT2D eigenvalue weighted by molar-refractivity contribution is -0.143. The van der Waals surface area contributed by atoms with Crippen molar-refractivity contribution in [1.29, 1.82) is 0 Å². The molecule has 0 atom stereocenters. The van der Waals surface area contributed by atoms with Crippen LogP contribution < -0.4 is 10.6 Å². The summed E-state index contributed by atoms with van der Waals surface area (Å²) < 4.78 is 4.78. The number of carbonyl (C=O) groups excluding carboxylic acids is 2. The number of carbonyl (C=O) groups is 2. The second kappa shape index (κ2) is 10.4. The van der Waals surface area contributed by atoms with Crippen molar-refractivity contribution in [1.82, 2.24) is 10.6 Å². The van der Waals surface area contributed by atoms with Crippen LogP contribution in [0.15, 0.2) is 0 Å². The van der Waals surface area contributed by atoms with Gasteiger partial charge < -0.3 is 15.4 Å². The lowest BCUT2D eigenvalue weighted by atomic mass is 10.3. The van der Waals surface area contributed by atoms with Gasteiger partial charge in [0.2, 0.25) is 5.91 Å². The molecule has 5 nitrogen and oxygen atoms in total. The molecule has 0 saturated carbocycles. The first-order chi connectivity index (χ1) is 7.70. The van der Waals surface area contributed by atoms with Crippen LogP contribution in [0.2, 0.25) is 0 Å². The fourth-order valence-electron chi connectivity index (χ4n) is 1.12. The maximum atomic E-state index is 11.1. The van der Waals surface area contributed by atoms with E-state index in [1.54, 1.807) is 6.92 Å². The Balaban J connectivity index is 3.26. The Morgan fingerprint density at radius 3 is 2.56 bits per heavy atom. The van der Waals surface area contributed by atoms with Crippen molar-refractivity contribution in [2.24, 2.45) is 0 Å². The maximum Gasteiger partial charge on any atom is 0.305 e. The largest absolute Gasteiger partial charge is 0.466 e. The van der Waals surface area contributed by atoms with E-state index in [-0.39, 0.29) is 11.9 Å². The van der Waals surface area contributed by atoms with Crippen LogP contribution in [0.1, 0.15) is 33.1 Å². The van der Waals surface area contributed by atoms with Gasteiger partial charge in [-0.2, -0.15) is 0 Å². The van der Waals surface area contributed by atoms with E-state index >= 15 is 0 Å². The molecule has 2 N–H and O–H groups in total. The van der Waals surface area contributed by atoms with Crippen molar-refractivity contribution in [2.45, 2.75) is 33.1 Å². The Labute approximate surface area is 96.9 Å². The highest BCUT2D eigenvalue weighted by Crippen LogP contribution is 1.90. The van der Waals surface area contributed by atoms with Crippen molar-refractivity contribution >= 4 is 11.9 Å². The van der Waals surface area contributed by atoms with Crippen LogP contribution in [0.3, 0.4) is 0 Å². The van der Waals surface area contributed by atoms with E-state index in [2.05, 4.69) is 10.6 Å². The van der Waals surface area contributed by atoms with E-state index in [9.17, 15) is 9.59 Å². The van der Waals surface area contributed by atoms with Gasteiger partial charge in [-0.1, -0.05) is 6.92 Å². The molecular weight excluding hydrogens is 208 g/mol. The molecule has 0 radical (unpaired) electrons. The van der Waals surface area contributed by atoms with Crippen LogP contribution in [-0.4, -0.2) is 38.1 Å². The van der Waals surface area contributed by atoms with E-state index in [0.717, 1.165) is 6.42 Å². The number of nitrogens with one attached hydrogen (secondary N) is 2. The zero-order valence-electron chi connectivity index (χ0n) is 10.2. The third kappa shape index (κ3) is 9.45. The summed E-state index contributed by atoms with van der Waals surface area (Å²) in [6, 6.07) is 0. The first kappa shape index (κ1) is 14.9. The molecule has 0 heterocycles. The fraction of sp³-hybridized carbons (Fsp3) is 0.818. The minimum absolute atomic E-state index is 0.00187. The van der Waals surface area contributed by atoms with E-state index in [1.807, 2.05) is 6.92 Å². The second-order valence-electron chi connectivity index (χ2n) is 3.44. The molecule has 0 fully saturated rings. The van der Waals surface area contributed by atoms with Crippen LogP contribution in [-0.2, 0) is 14.3 Å². The molecule has 0 unspecified atom stereocenters. The van der Waals surface area contributed by atoms with Crippen molar-refractivity contribution in [3.63, 3.8) is 0 Å². The average Bonchev–Trinajstić information content (AvgIpc) is 2.26. The molecule has 94 valence electrons. The molecule has 0 aliphatic rings. The quantitative estimate of drug-likeness (QED) is 0.445. The first-order valence-corrected chi connectivity index (χ1v) is 5.83. The van der Waals surface area contributed by atoms with Gasteiger partial charge in [0, 0.05) is 13.0 Å². The van der Waals surface area contributed by atoms with E-state index < -0.39 is 0 Å². The predicted octanol–water partition coefficient (Wildman–Crippen LogP) is 0.445. The summed E-state index contributed by atoms with van der Waals surface area (Å²) in [6.07, 6.45) is 2.03. The molecule has 0 saturated heterocycles. The van der Waals surface area contributed by atoms with Gasteiger partial charge in [-0.25, -0.2) is 0 Å². The summed E-state index contributed by atoms with van der Waals surface area (Å²) in [4.78, 5) is 22.1. The Bertz CT molecular complexity index is 207. The van der Waals surface area contributed by atoms with Crippen LogP contribution in [0, 0.1) is 0 Å². The molecule has 0 rings (SSSR count). The molecule has 0 aromatic carbocycles. The highest BCUT2D eigenvalue weighted by Gasteiger charge is 2.01. The van der Waals surface area contributed by atoms with Gasteiger partial charge in [0.05, 0.1) is 13.2 Å². The zero-order chi connectivity index (χ0) is 12.2. The summed E-state index contributed by atoms with van der Waals surface area (Å²) >= 11 is 0. The van der Waals surface area contributed by atoms with Crippen molar-refractivity contribution in [2.75, 3.05) is 26.2 Å². The smallest absolute Gasteiger partial charge is 0.305 e. The first-order valence-electron chi connectivity index (χ1n) is 5.83. The van der Waals surface area contributed by atoms with Crippen molar-refractivity contribution in [3.05, 3.63) is 0 Å². The Hall–Kier alpha value is -1.10. The minimum atomic E-state index is -0.181. The summed E-state index contributed by atoms with van der Waals surface area (Å²) in [7, 11) is 0. The third-order valence-corrected chi connectivity index (χ3v) is 1.90. The standard InChI is InChI=1S/C11H22N2O3/c1-3-7-13-10(14)9-12-8-5-6-11(15)16-4-2/h12H,3-9H2,1-2H3,(H,13,14). The van der Waals surface area contributed by atoms with Crippen LogP contribution in [0.25, 0.3) is 0 Å². The van der Waals surface area contributed by atoms with E-state index in [4.69, 9.17) is 4.74 Å². The fourth-order valence-corrected chi connectivity index (χ4v) is 1.12. The third-order valence-electron chi connectivity index (χ3n) is 1.90. The number of hydrogen-bond acceptors (Lipinski definition) is 4. The topological polar surface area (TPSA) is 67.4 Å². The molecule has 5 heteroatoms. The molecule has 0 aliphatic heterocycles. The highest BCUT2D eigenvalue weighted by molar-refractivity contribution is 5.77. The number of esters is 1. The van der Waals surface area contributed by atoms with Gasteiger partial charge in [-0.3, -0.25) is 9.59 Å². The van der Waals surface area contributed by atoms with Gasteiger partial charge in [-0.05, 0) is 26.3 Å². The van der Waals surface area contributed by atoms with Gasteiger partial charge >= 0.3 is 5.97 Å². The monoisotopic (exact) mass is 230 g/mol. The van der Waals surface area contributed by atoms with Crippen molar-refractivity contribution < 1.29 is 14.3 Å². The number of rotatable bonds is 9. The Morgan fingerprint density at radius 2 is 1.94 bits per heavy atom. The Morgan fingerprint density at radius 1 is 1.19 bits per heavy atom. The predicted molar refractivity (Wildman–Crippen MR) is 62.0 cm³/mol. The van der Waals surface area contributed by atoms with Crippen LogP contribution >= 0.6 is 0 Å². The number of hydrogen-bond donors (Lipinski definition) is 2. The van der Waals surface area contributed by atoms with Gasteiger partial charge in [-0.15, -0.1) is 0 Å². The lowest BCUT2D eigenvalue weighted by Gasteiger charge is -2.05. The van der Waals surface area contributed by atoms with Crippen LogP contribution in [0.5, 0.6) is 0 Å². The summed E-state index contributed by atoms with van der Waals surface area (Å²) in [5.41, 5.74) is 0. The summed E-state index contributed by atoms with van der Waals surface area (Å²) in [5, 5.41) is 5.73. The highest BCUT2D eigenvalue weighted by atomic mass is 16.5. The molecular formula is C11H22N2O3. The van der Waals surface area contributed by atoms with Gasteiger partial charge in [0.25, 0.3) is 0 Å². The van der Waals surface area contributed by atoms with Crippen molar-refractivity contribution in [3.8, 4) is 0 Å². The minimum Gasteiger partial charge on any atom is -0.466 e. The molecule has 0 aromatic heterocycles. The van der Waals surface area contributed by atoms with Gasteiger partial charge in [0.15, 0.2) is 0 Å². The average molecular weight is 230 g/mol. The SMILES string of the molecule is CCCNC(=O)CNCCCC(=O)OCC. The zero-order valence-corrected chi connectivity index (χ0v) is 10.2. The normalized spacial score (nSPS) is 9.88. The second-order valence-corrected chi connectivity index (χ2v) is 3.44. The Kier molecular flexibility index (Phi) is 9.70. The maximum absolute atomic E-state index is 11.1. The van der Waals surface area contributed by atoms with Crippen LogP contribution in [0.4, 0.5) is 0 Å². The molecule has 0 aromatic rings. The summed E-state index contributed by atoms with van der Waals surface area (Å²) in [6.45, 7) is 5.89. The summed E-state index contributed by atoms with van der Waals surface area (Å²) in [5.74, 6) is -0.183. The number of amides is 1.